The van der Waals surface area contributed by atoms with Crippen LogP contribution in [-0.4, -0.2) is 16.1 Å². The van der Waals surface area contributed by atoms with E-state index in [0.29, 0.717) is 28.4 Å². The molecule has 1 aliphatic rings. The van der Waals surface area contributed by atoms with Crippen LogP contribution in [0.5, 0.6) is 0 Å². The Morgan fingerprint density at radius 1 is 0.714 bits per heavy atom. The summed E-state index contributed by atoms with van der Waals surface area (Å²) in [4.78, 5) is 13.6. The molecule has 4 aromatic rings. The molecule has 2 aromatic carbocycles. The number of Topliss-reactive ketones (excluding diaryl/α,β-unsaturated/α-hetero) is 1. The largest absolute Gasteiger partial charge is 0.361 e. The highest BCUT2D eigenvalue weighted by atomic mass is 16.5. The van der Waals surface area contributed by atoms with Gasteiger partial charge in [0.25, 0.3) is 0 Å². The second-order valence-corrected chi connectivity index (χ2v) is 7.22. The summed E-state index contributed by atoms with van der Waals surface area (Å²) in [5.74, 6) is 1.29. The van der Waals surface area contributed by atoms with E-state index < -0.39 is 0 Å². The van der Waals surface area contributed by atoms with E-state index in [2.05, 4.69) is 22.4 Å². The van der Waals surface area contributed by atoms with E-state index >= 15 is 0 Å². The third kappa shape index (κ3) is 2.16. The lowest BCUT2D eigenvalue weighted by atomic mass is 9.92. The van der Waals surface area contributed by atoms with Gasteiger partial charge in [0, 0.05) is 22.3 Å². The molecule has 138 valence electrons. The summed E-state index contributed by atoms with van der Waals surface area (Å²) in [7, 11) is 0. The van der Waals surface area contributed by atoms with Crippen molar-refractivity contribution in [2.24, 2.45) is 0 Å². The van der Waals surface area contributed by atoms with Crippen molar-refractivity contribution < 1.29 is 13.8 Å². The lowest BCUT2D eigenvalue weighted by Gasteiger charge is -2.08. The van der Waals surface area contributed by atoms with Crippen LogP contribution in [0.3, 0.4) is 0 Å². The molecule has 0 unspecified atom stereocenters. The number of rotatable bonds is 2. The fourth-order valence-electron chi connectivity index (χ4n) is 4.20. The summed E-state index contributed by atoms with van der Waals surface area (Å²) in [5.41, 5.74) is 6.09. The lowest BCUT2D eigenvalue weighted by molar-refractivity contribution is 0.105. The molecule has 5 nitrogen and oxygen atoms in total. The Hall–Kier alpha value is -3.47. The molecule has 0 spiro atoms. The molecule has 1 aliphatic carbocycles. The van der Waals surface area contributed by atoms with Crippen molar-refractivity contribution >= 4 is 27.7 Å². The van der Waals surface area contributed by atoms with E-state index in [-0.39, 0.29) is 5.78 Å². The van der Waals surface area contributed by atoms with Crippen LogP contribution in [-0.2, 0) is 0 Å². The van der Waals surface area contributed by atoms with Crippen molar-refractivity contribution in [3.05, 3.63) is 81.6 Å². The van der Waals surface area contributed by atoms with Gasteiger partial charge in [-0.2, -0.15) is 0 Å². The minimum Gasteiger partial charge on any atom is -0.361 e. The summed E-state index contributed by atoms with van der Waals surface area (Å²) in [6.07, 6.45) is 0. The second kappa shape index (κ2) is 5.76. The topological polar surface area (TPSA) is 69.1 Å². The molecule has 0 radical (unpaired) electrons. The fraction of sp³-hybridized carbons (Fsp3) is 0.174. The number of hydrogen-bond acceptors (Lipinski definition) is 5. The second-order valence-electron chi connectivity index (χ2n) is 7.22. The maximum Gasteiger partial charge on any atom is 0.195 e. The number of aromatic nitrogens is 2. The van der Waals surface area contributed by atoms with Gasteiger partial charge in [-0.25, -0.2) is 0 Å². The summed E-state index contributed by atoms with van der Waals surface area (Å²) in [5, 5.41) is 10.3. The van der Waals surface area contributed by atoms with Crippen molar-refractivity contribution in [2.75, 3.05) is 0 Å². The molecule has 0 aliphatic heterocycles. The highest BCUT2D eigenvalue weighted by molar-refractivity contribution is 6.42. The Bertz CT molecular complexity index is 1280. The van der Waals surface area contributed by atoms with Crippen LogP contribution in [0.1, 0.15) is 50.0 Å². The van der Waals surface area contributed by atoms with Gasteiger partial charge in [0.1, 0.15) is 11.5 Å². The summed E-state index contributed by atoms with van der Waals surface area (Å²) in [6.45, 7) is 7.46. The van der Waals surface area contributed by atoms with Crippen molar-refractivity contribution in [3.63, 3.8) is 0 Å². The van der Waals surface area contributed by atoms with E-state index in [0.717, 1.165) is 38.7 Å². The zero-order chi connectivity index (χ0) is 19.6. The number of benzene rings is 2. The molecule has 0 amide bonds. The van der Waals surface area contributed by atoms with Crippen LogP contribution in [0.25, 0.3) is 21.9 Å². The molecule has 5 heteroatoms. The van der Waals surface area contributed by atoms with Crippen LogP contribution in [0, 0.1) is 27.7 Å². The number of hydrogen-bond donors (Lipinski definition) is 0. The van der Waals surface area contributed by atoms with Gasteiger partial charge in [-0.1, -0.05) is 34.6 Å². The van der Waals surface area contributed by atoms with Crippen molar-refractivity contribution in [2.45, 2.75) is 27.7 Å². The molecule has 0 bridgehead atoms. The van der Waals surface area contributed by atoms with E-state index in [1.165, 1.54) is 0 Å². The number of allylic oxidation sites excluding steroid dienone is 1. The first kappa shape index (κ1) is 16.7. The first-order valence-electron chi connectivity index (χ1n) is 9.16. The van der Waals surface area contributed by atoms with Gasteiger partial charge in [-0.05, 0) is 56.2 Å². The van der Waals surface area contributed by atoms with Crippen molar-refractivity contribution in [1.82, 2.24) is 10.3 Å². The number of ketones is 1. The summed E-state index contributed by atoms with van der Waals surface area (Å²) >= 11 is 0. The Labute approximate surface area is 161 Å². The molecular weight excluding hydrogens is 352 g/mol. The van der Waals surface area contributed by atoms with Gasteiger partial charge in [0.15, 0.2) is 5.78 Å². The monoisotopic (exact) mass is 370 g/mol. The SMILES string of the molecule is Cc1noc(C)c1C1=C(c2c(C)noc2C)c2cc3ccccc3cc2C1=O. The predicted octanol–water partition coefficient (Wildman–Crippen LogP) is 5.20. The van der Waals surface area contributed by atoms with Gasteiger partial charge in [0.2, 0.25) is 0 Å². The third-order valence-electron chi connectivity index (χ3n) is 5.44. The van der Waals surface area contributed by atoms with Crippen LogP contribution in [0.4, 0.5) is 0 Å². The number of nitrogens with zero attached hydrogens (tertiary/aromatic N) is 2. The zero-order valence-corrected chi connectivity index (χ0v) is 16.1. The van der Waals surface area contributed by atoms with Crippen LogP contribution in [0.15, 0.2) is 45.4 Å². The normalized spacial score (nSPS) is 13.6. The average Bonchev–Trinajstić information content (AvgIpc) is 3.28. The Kier molecular flexibility index (Phi) is 3.43. The molecule has 2 heterocycles. The molecule has 0 N–H and O–H groups in total. The van der Waals surface area contributed by atoms with E-state index in [1.54, 1.807) is 0 Å². The minimum absolute atomic E-state index is 0.0230. The average molecular weight is 370 g/mol. The molecule has 0 saturated heterocycles. The molecule has 0 atom stereocenters. The summed E-state index contributed by atoms with van der Waals surface area (Å²) < 4.78 is 10.8. The van der Waals surface area contributed by atoms with Crippen molar-refractivity contribution in [3.8, 4) is 0 Å². The zero-order valence-electron chi connectivity index (χ0n) is 16.1. The first-order chi connectivity index (χ1) is 13.5. The molecule has 0 saturated carbocycles. The number of carbonyl (C=O) groups excluding carboxylic acids is 1. The molecule has 5 rings (SSSR count). The Morgan fingerprint density at radius 2 is 1.21 bits per heavy atom. The maximum atomic E-state index is 13.6. The highest BCUT2D eigenvalue weighted by Crippen LogP contribution is 2.46. The van der Waals surface area contributed by atoms with Gasteiger partial charge in [-0.15, -0.1) is 0 Å². The van der Waals surface area contributed by atoms with Crippen LogP contribution in [0.2, 0.25) is 0 Å². The van der Waals surface area contributed by atoms with Crippen LogP contribution >= 0.6 is 0 Å². The van der Waals surface area contributed by atoms with Gasteiger partial charge >= 0.3 is 0 Å². The predicted molar refractivity (Wildman–Crippen MR) is 106 cm³/mol. The smallest absolute Gasteiger partial charge is 0.195 e. The standard InChI is InChI=1S/C23H18N2O3/c1-11-19(13(3)27-24-11)21-17-9-15-7-5-6-8-16(15)10-18(17)23(26)22(21)20-12(2)25-28-14(20)4/h5-10H,1-4H3. The molecule has 2 aromatic heterocycles. The first-order valence-corrected chi connectivity index (χ1v) is 9.16. The molecule has 0 fully saturated rings. The van der Waals surface area contributed by atoms with E-state index in [9.17, 15) is 4.79 Å². The highest BCUT2D eigenvalue weighted by Gasteiger charge is 2.36. The fourth-order valence-corrected chi connectivity index (χ4v) is 4.20. The molecular formula is C23H18N2O3. The quantitative estimate of drug-likeness (QED) is 0.485. The Balaban J connectivity index is 1.93. The van der Waals surface area contributed by atoms with Crippen LogP contribution < -0.4 is 0 Å². The van der Waals surface area contributed by atoms with Gasteiger partial charge in [0.05, 0.1) is 17.0 Å². The number of fused-ring (bicyclic) bond motifs is 2. The molecule has 28 heavy (non-hydrogen) atoms. The minimum atomic E-state index is -0.0230. The summed E-state index contributed by atoms with van der Waals surface area (Å²) in [6, 6.07) is 12.1. The van der Waals surface area contributed by atoms with E-state index in [4.69, 9.17) is 9.05 Å². The third-order valence-corrected chi connectivity index (χ3v) is 5.44. The number of aryl methyl sites for hydroxylation is 4. The number of carbonyl (C=O) groups is 1. The van der Waals surface area contributed by atoms with Crippen molar-refractivity contribution in [1.29, 1.82) is 0 Å². The van der Waals surface area contributed by atoms with Gasteiger partial charge < -0.3 is 9.05 Å². The lowest BCUT2D eigenvalue weighted by Crippen LogP contribution is -2.01. The Morgan fingerprint density at radius 3 is 1.71 bits per heavy atom. The van der Waals surface area contributed by atoms with E-state index in [1.807, 2.05) is 52.0 Å². The maximum absolute atomic E-state index is 13.6. The van der Waals surface area contributed by atoms with Gasteiger partial charge in [-0.3, -0.25) is 4.79 Å².